The van der Waals surface area contributed by atoms with Gasteiger partial charge in [-0.3, -0.25) is 4.18 Å². The maximum atomic E-state index is 13.5. The molecule has 0 aromatic heterocycles. The van der Waals surface area contributed by atoms with E-state index >= 15 is 0 Å². The van der Waals surface area contributed by atoms with Crippen LogP contribution in [0.1, 0.15) is 62.4 Å². The van der Waals surface area contributed by atoms with Crippen molar-refractivity contribution in [1.29, 1.82) is 0 Å². The molecule has 1 saturated heterocycles. The van der Waals surface area contributed by atoms with Crippen LogP contribution < -0.4 is 5.32 Å². The molecule has 2 aliphatic heterocycles. The molecule has 0 spiro atoms. The number of nitrogens with one attached hydrogen (secondary N) is 1. The summed E-state index contributed by atoms with van der Waals surface area (Å²) in [4.78, 5) is 0. The molecule has 0 unspecified atom stereocenters. The number of hydrogen-bond donors (Lipinski definition) is 1. The van der Waals surface area contributed by atoms with Crippen LogP contribution in [0.15, 0.2) is 42.5 Å². The molecule has 4 atom stereocenters. The molecule has 5 nitrogen and oxygen atoms in total. The fourth-order valence-electron chi connectivity index (χ4n) is 4.54. The zero-order valence-electron chi connectivity index (χ0n) is 18.4. The average molecular weight is 448 g/mol. The Morgan fingerprint density at radius 2 is 1.84 bits per heavy atom. The number of halogens is 1. The first kappa shape index (κ1) is 22.2. The Hall–Kier alpha value is -1.96. The molecule has 2 aromatic carbocycles. The Balaban J connectivity index is 1.69. The van der Waals surface area contributed by atoms with E-state index in [2.05, 4.69) is 44.3 Å². The zero-order valence-corrected chi connectivity index (χ0v) is 19.2. The summed E-state index contributed by atoms with van der Waals surface area (Å²) in [5.74, 6) is -0.119. The van der Waals surface area contributed by atoms with Crippen LogP contribution in [0.3, 0.4) is 0 Å². The first-order valence-corrected chi connectivity index (χ1v) is 12.5. The third kappa shape index (κ3) is 4.94. The van der Waals surface area contributed by atoms with E-state index in [0.717, 1.165) is 29.5 Å². The van der Waals surface area contributed by atoms with Gasteiger partial charge in [-0.05, 0) is 47.6 Å². The van der Waals surface area contributed by atoms with Crippen molar-refractivity contribution in [3.8, 4) is 0 Å². The molecule has 0 amide bonds. The average Bonchev–Trinajstić information content (AvgIpc) is 2.70. The van der Waals surface area contributed by atoms with E-state index < -0.39 is 10.1 Å². The Labute approximate surface area is 184 Å². The lowest BCUT2D eigenvalue weighted by molar-refractivity contribution is -0.106. The molecule has 7 heteroatoms. The quantitative estimate of drug-likeness (QED) is 0.661. The molecule has 1 fully saturated rings. The smallest absolute Gasteiger partial charge is 0.264 e. The minimum Gasteiger partial charge on any atom is -0.378 e. The fraction of sp³-hybridized carbons (Fsp3) is 0.500. The molecule has 0 aliphatic carbocycles. The van der Waals surface area contributed by atoms with Gasteiger partial charge >= 0.3 is 0 Å². The minimum absolute atomic E-state index is 0.00813. The standard InChI is InChI=1S/C24H30FNO4S/c1-24(2,3)16-7-12-21-20(13-16)23-19(11-10-18(30-23)14-29-31(4,27)28)22(26-21)15-5-8-17(25)9-6-15/h5-9,12-13,18-19,22-23,26H,10-11,14H2,1-4H3/t18-,19+,22+,23+/m1/s1. The van der Waals surface area contributed by atoms with E-state index in [9.17, 15) is 12.8 Å². The highest BCUT2D eigenvalue weighted by atomic mass is 32.2. The summed E-state index contributed by atoms with van der Waals surface area (Å²) in [5, 5.41) is 3.65. The number of rotatable bonds is 4. The summed E-state index contributed by atoms with van der Waals surface area (Å²) in [7, 11) is -3.53. The van der Waals surface area contributed by atoms with Crippen molar-refractivity contribution in [2.75, 3.05) is 18.2 Å². The van der Waals surface area contributed by atoms with Crippen LogP contribution in [0, 0.1) is 11.7 Å². The van der Waals surface area contributed by atoms with Gasteiger partial charge in [0.2, 0.25) is 0 Å². The number of anilines is 1. The predicted molar refractivity (Wildman–Crippen MR) is 119 cm³/mol. The van der Waals surface area contributed by atoms with Gasteiger partial charge in [0.15, 0.2) is 0 Å². The van der Waals surface area contributed by atoms with Crippen LogP contribution in [0.25, 0.3) is 0 Å². The second-order valence-electron chi connectivity index (χ2n) is 9.63. The third-order valence-corrected chi connectivity index (χ3v) is 6.77. The van der Waals surface area contributed by atoms with Crippen LogP contribution in [-0.4, -0.2) is 27.4 Å². The molecule has 1 N–H and O–H groups in total. The topological polar surface area (TPSA) is 64.6 Å². The Morgan fingerprint density at radius 3 is 2.48 bits per heavy atom. The van der Waals surface area contributed by atoms with Crippen molar-refractivity contribution in [2.45, 2.75) is 57.3 Å². The molecule has 0 saturated carbocycles. The van der Waals surface area contributed by atoms with Crippen molar-refractivity contribution in [1.82, 2.24) is 0 Å². The molecule has 168 valence electrons. The Kier molecular flexibility index (Phi) is 5.87. The highest BCUT2D eigenvalue weighted by Gasteiger charge is 2.42. The van der Waals surface area contributed by atoms with Gasteiger partial charge in [0.05, 0.1) is 31.1 Å². The molecule has 4 rings (SSSR count). The van der Waals surface area contributed by atoms with Crippen molar-refractivity contribution in [3.63, 3.8) is 0 Å². The summed E-state index contributed by atoms with van der Waals surface area (Å²) in [5.41, 5.74) is 4.29. The van der Waals surface area contributed by atoms with Gasteiger partial charge in [-0.2, -0.15) is 8.42 Å². The third-order valence-electron chi connectivity index (χ3n) is 6.21. The number of hydrogen-bond acceptors (Lipinski definition) is 5. The summed E-state index contributed by atoms with van der Waals surface area (Å²) in [6.07, 6.45) is 2.10. The highest BCUT2D eigenvalue weighted by molar-refractivity contribution is 7.85. The van der Waals surface area contributed by atoms with Crippen LogP contribution in [0.4, 0.5) is 10.1 Å². The summed E-state index contributed by atoms with van der Waals surface area (Å²) in [6.45, 7) is 6.54. The maximum absolute atomic E-state index is 13.5. The van der Waals surface area contributed by atoms with Gasteiger partial charge in [-0.25, -0.2) is 4.39 Å². The first-order valence-electron chi connectivity index (χ1n) is 10.7. The van der Waals surface area contributed by atoms with Crippen LogP contribution in [0.2, 0.25) is 0 Å². The number of fused-ring (bicyclic) bond motifs is 3. The lowest BCUT2D eigenvalue weighted by atomic mass is 9.75. The largest absolute Gasteiger partial charge is 0.378 e. The van der Waals surface area contributed by atoms with Gasteiger partial charge in [0.1, 0.15) is 5.82 Å². The molecule has 31 heavy (non-hydrogen) atoms. The summed E-state index contributed by atoms with van der Waals surface area (Å²) < 4.78 is 47.9. The monoisotopic (exact) mass is 447 g/mol. The molecule has 0 bridgehead atoms. The van der Waals surface area contributed by atoms with Gasteiger partial charge in [0.25, 0.3) is 10.1 Å². The molecule has 2 heterocycles. The van der Waals surface area contributed by atoms with Gasteiger partial charge in [0, 0.05) is 17.2 Å². The first-order chi connectivity index (χ1) is 14.5. The van der Waals surface area contributed by atoms with E-state index in [1.807, 2.05) is 12.1 Å². The van der Waals surface area contributed by atoms with Crippen LogP contribution in [0.5, 0.6) is 0 Å². The van der Waals surface area contributed by atoms with Crippen molar-refractivity contribution >= 4 is 15.8 Å². The molecular formula is C24H30FNO4S. The van der Waals surface area contributed by atoms with E-state index in [1.165, 1.54) is 17.7 Å². The van der Waals surface area contributed by atoms with Crippen molar-refractivity contribution in [3.05, 3.63) is 65.0 Å². The van der Waals surface area contributed by atoms with E-state index in [4.69, 9.17) is 8.92 Å². The fourth-order valence-corrected chi connectivity index (χ4v) is 4.94. The van der Waals surface area contributed by atoms with Crippen LogP contribution >= 0.6 is 0 Å². The minimum atomic E-state index is -3.53. The van der Waals surface area contributed by atoms with Crippen molar-refractivity contribution < 1.29 is 21.7 Å². The molecule has 2 aliphatic rings. The van der Waals surface area contributed by atoms with Gasteiger partial charge in [-0.15, -0.1) is 0 Å². The lowest BCUT2D eigenvalue weighted by Crippen LogP contribution is -2.40. The lowest BCUT2D eigenvalue weighted by Gasteiger charge is -2.46. The number of ether oxygens (including phenoxy) is 1. The zero-order chi connectivity index (χ0) is 22.4. The Bertz CT molecular complexity index is 1050. The normalized spacial score (nSPS) is 26.0. The van der Waals surface area contributed by atoms with Crippen molar-refractivity contribution in [2.24, 2.45) is 5.92 Å². The molecule has 0 radical (unpaired) electrons. The highest BCUT2D eigenvalue weighted by Crippen LogP contribution is 2.51. The Morgan fingerprint density at radius 1 is 1.13 bits per heavy atom. The van der Waals surface area contributed by atoms with E-state index in [1.54, 1.807) is 0 Å². The van der Waals surface area contributed by atoms with Gasteiger partial charge in [-0.1, -0.05) is 45.0 Å². The van der Waals surface area contributed by atoms with Gasteiger partial charge < -0.3 is 10.1 Å². The van der Waals surface area contributed by atoms with E-state index in [-0.39, 0.29) is 42.0 Å². The molecular weight excluding hydrogens is 417 g/mol. The van der Waals surface area contributed by atoms with Crippen LogP contribution in [-0.2, 0) is 24.5 Å². The maximum Gasteiger partial charge on any atom is 0.264 e. The second-order valence-corrected chi connectivity index (χ2v) is 11.3. The van der Waals surface area contributed by atoms with E-state index in [0.29, 0.717) is 6.42 Å². The summed E-state index contributed by atoms with van der Waals surface area (Å²) in [6, 6.07) is 13.0. The number of benzene rings is 2. The summed E-state index contributed by atoms with van der Waals surface area (Å²) >= 11 is 0. The second kappa shape index (κ2) is 8.19. The predicted octanol–water partition coefficient (Wildman–Crippen LogP) is 5.10. The SMILES string of the molecule is CC(C)(C)c1ccc2c(c1)[C@H]1O[C@@H](COS(C)(=O)=O)CC[C@H]1[C@H](c1ccc(F)cc1)N2. The molecule has 2 aromatic rings.